The third kappa shape index (κ3) is 50.7. The fourth-order valence-corrected chi connectivity index (χ4v) is 8.31. The Morgan fingerprint density at radius 3 is 0.952 bits per heavy atom. The quantitative estimate of drug-likeness (QED) is 0.0262. The van der Waals surface area contributed by atoms with Gasteiger partial charge >= 0.3 is 17.9 Å². The molecule has 0 spiro atoms. The lowest BCUT2D eigenvalue weighted by Gasteiger charge is -2.18. The summed E-state index contributed by atoms with van der Waals surface area (Å²) >= 11 is 0. The molecule has 0 heterocycles. The van der Waals surface area contributed by atoms with Gasteiger partial charge in [0.2, 0.25) is 0 Å². The maximum absolute atomic E-state index is 12.8. The molecule has 1 unspecified atom stereocenters. The third-order valence-corrected chi connectivity index (χ3v) is 12.5. The van der Waals surface area contributed by atoms with Crippen LogP contribution < -0.4 is 0 Å². The Bertz CT molecular complexity index is 1020. The van der Waals surface area contributed by atoms with E-state index in [1.165, 1.54) is 180 Å². The van der Waals surface area contributed by atoms with Gasteiger partial charge in [-0.3, -0.25) is 14.4 Å². The number of ether oxygens (including phenoxy) is 3. The first-order chi connectivity index (χ1) is 31.0. The molecule has 6 heteroatoms. The molecule has 0 aromatic heterocycles. The SMILES string of the molecule is CC/C=C\C/C=C\CCCCCCCC(=O)OCC(COC(=O)CCCCCCCCCCCCCCCCCCC)OC(=O)CCCCCCCCCCCCCCCCCC. The molecule has 63 heavy (non-hydrogen) atoms. The number of hydrogen-bond acceptors (Lipinski definition) is 6. The minimum absolute atomic E-state index is 0.0703. The van der Waals surface area contributed by atoms with E-state index in [4.69, 9.17) is 14.2 Å². The van der Waals surface area contributed by atoms with Crippen molar-refractivity contribution in [1.82, 2.24) is 0 Å². The summed E-state index contributed by atoms with van der Waals surface area (Å²) in [5.74, 6) is -0.866. The monoisotopic (exact) mass is 887 g/mol. The van der Waals surface area contributed by atoms with Gasteiger partial charge in [0.25, 0.3) is 0 Å². The molecule has 0 fully saturated rings. The van der Waals surface area contributed by atoms with Crippen LogP contribution in [-0.2, 0) is 28.6 Å². The van der Waals surface area contributed by atoms with Crippen LogP contribution in [0.1, 0.15) is 303 Å². The van der Waals surface area contributed by atoms with Crippen LogP contribution >= 0.6 is 0 Å². The molecule has 0 bridgehead atoms. The first-order valence-corrected chi connectivity index (χ1v) is 27.8. The molecule has 0 saturated heterocycles. The van der Waals surface area contributed by atoms with E-state index in [9.17, 15) is 14.4 Å². The lowest BCUT2D eigenvalue weighted by molar-refractivity contribution is -0.167. The van der Waals surface area contributed by atoms with Crippen molar-refractivity contribution in [2.24, 2.45) is 0 Å². The van der Waals surface area contributed by atoms with Crippen LogP contribution in [0.15, 0.2) is 24.3 Å². The standard InChI is InChI=1S/C57H106O6/c1-4-7-10-13-16-19-22-25-27-29-31-32-35-38-41-44-47-50-56(59)62-53-54(52-61-55(58)49-46-43-40-37-34-24-21-18-15-12-9-6-3)63-57(60)51-48-45-42-39-36-33-30-28-26-23-20-17-14-11-8-5-2/h9,12,18,21,54H,4-8,10-11,13-17,19-20,22-53H2,1-3H3/b12-9-,21-18-. The molecule has 0 saturated carbocycles. The number of carbonyl (C=O) groups excluding carboxylic acids is 3. The number of allylic oxidation sites excluding steroid dienone is 4. The van der Waals surface area contributed by atoms with Gasteiger partial charge in [-0.05, 0) is 44.9 Å². The maximum Gasteiger partial charge on any atom is 0.306 e. The average molecular weight is 887 g/mol. The zero-order valence-electron chi connectivity index (χ0n) is 42.4. The average Bonchev–Trinajstić information content (AvgIpc) is 3.28. The topological polar surface area (TPSA) is 78.9 Å². The highest BCUT2D eigenvalue weighted by atomic mass is 16.6. The summed E-state index contributed by atoms with van der Waals surface area (Å²) in [6.07, 6.45) is 60.2. The van der Waals surface area contributed by atoms with Gasteiger partial charge in [-0.1, -0.05) is 263 Å². The smallest absolute Gasteiger partial charge is 0.306 e. The van der Waals surface area contributed by atoms with Crippen LogP contribution in [0, 0.1) is 0 Å². The number of unbranched alkanes of at least 4 members (excludes halogenated alkanes) is 36. The van der Waals surface area contributed by atoms with Crippen LogP contribution in [0.25, 0.3) is 0 Å². The summed E-state index contributed by atoms with van der Waals surface area (Å²) < 4.78 is 16.8. The molecule has 0 aliphatic carbocycles. The molecule has 0 aromatic carbocycles. The number of hydrogen-bond donors (Lipinski definition) is 0. The molecule has 0 rings (SSSR count). The molecule has 1 atom stereocenters. The minimum atomic E-state index is -0.771. The van der Waals surface area contributed by atoms with E-state index >= 15 is 0 Å². The van der Waals surface area contributed by atoms with E-state index in [0.717, 1.165) is 83.5 Å². The highest BCUT2D eigenvalue weighted by Crippen LogP contribution is 2.17. The Kier molecular flexibility index (Phi) is 50.8. The van der Waals surface area contributed by atoms with Crippen molar-refractivity contribution in [3.8, 4) is 0 Å². The summed E-state index contributed by atoms with van der Waals surface area (Å²) in [4.78, 5) is 38.0. The Balaban J connectivity index is 4.31. The second kappa shape index (κ2) is 52.5. The zero-order chi connectivity index (χ0) is 45.8. The van der Waals surface area contributed by atoms with E-state index in [2.05, 4.69) is 45.1 Å². The van der Waals surface area contributed by atoms with Crippen molar-refractivity contribution in [1.29, 1.82) is 0 Å². The minimum Gasteiger partial charge on any atom is -0.462 e. The summed E-state index contributed by atoms with van der Waals surface area (Å²) in [6, 6.07) is 0. The van der Waals surface area contributed by atoms with E-state index in [0.29, 0.717) is 19.3 Å². The van der Waals surface area contributed by atoms with Gasteiger partial charge in [-0.2, -0.15) is 0 Å². The van der Waals surface area contributed by atoms with Crippen molar-refractivity contribution >= 4 is 17.9 Å². The van der Waals surface area contributed by atoms with Crippen LogP contribution in [-0.4, -0.2) is 37.2 Å². The van der Waals surface area contributed by atoms with Gasteiger partial charge in [-0.15, -0.1) is 0 Å². The van der Waals surface area contributed by atoms with Gasteiger partial charge in [0, 0.05) is 19.3 Å². The summed E-state index contributed by atoms with van der Waals surface area (Å²) in [5.41, 5.74) is 0. The Labute approximate surface area is 392 Å². The second-order valence-electron chi connectivity index (χ2n) is 18.8. The lowest BCUT2D eigenvalue weighted by atomic mass is 10.0. The predicted molar refractivity (Wildman–Crippen MR) is 270 cm³/mol. The second-order valence-corrected chi connectivity index (χ2v) is 18.8. The van der Waals surface area contributed by atoms with E-state index in [1.807, 2.05) is 0 Å². The zero-order valence-corrected chi connectivity index (χ0v) is 42.4. The summed E-state index contributed by atoms with van der Waals surface area (Å²) in [6.45, 7) is 6.57. The first-order valence-electron chi connectivity index (χ1n) is 27.8. The maximum atomic E-state index is 12.8. The highest BCUT2D eigenvalue weighted by Gasteiger charge is 2.19. The Hall–Kier alpha value is -2.11. The van der Waals surface area contributed by atoms with Crippen molar-refractivity contribution in [2.45, 2.75) is 309 Å². The number of esters is 3. The van der Waals surface area contributed by atoms with Crippen molar-refractivity contribution < 1.29 is 28.6 Å². The van der Waals surface area contributed by atoms with Crippen LogP contribution in [0.4, 0.5) is 0 Å². The lowest BCUT2D eigenvalue weighted by Crippen LogP contribution is -2.30. The molecule has 0 radical (unpaired) electrons. The summed E-state index contributed by atoms with van der Waals surface area (Å²) in [5, 5.41) is 0. The molecule has 0 amide bonds. The molecule has 0 aliphatic heterocycles. The van der Waals surface area contributed by atoms with E-state index in [-0.39, 0.29) is 31.1 Å². The largest absolute Gasteiger partial charge is 0.462 e. The predicted octanol–water partition coefficient (Wildman–Crippen LogP) is 18.3. The molecular formula is C57H106O6. The third-order valence-electron chi connectivity index (χ3n) is 12.5. The van der Waals surface area contributed by atoms with Gasteiger partial charge < -0.3 is 14.2 Å². The normalized spacial score (nSPS) is 12.1. The molecular weight excluding hydrogens is 781 g/mol. The van der Waals surface area contributed by atoms with Gasteiger partial charge in [0.15, 0.2) is 6.10 Å². The summed E-state index contributed by atoms with van der Waals surface area (Å²) in [7, 11) is 0. The van der Waals surface area contributed by atoms with E-state index in [1.54, 1.807) is 0 Å². The molecule has 6 nitrogen and oxygen atoms in total. The number of carbonyl (C=O) groups is 3. The van der Waals surface area contributed by atoms with Crippen molar-refractivity contribution in [3.05, 3.63) is 24.3 Å². The van der Waals surface area contributed by atoms with E-state index < -0.39 is 6.10 Å². The first kappa shape index (κ1) is 60.9. The van der Waals surface area contributed by atoms with Crippen molar-refractivity contribution in [2.75, 3.05) is 13.2 Å². The fraction of sp³-hybridized carbons (Fsp3) is 0.877. The Morgan fingerprint density at radius 1 is 0.333 bits per heavy atom. The molecule has 0 aliphatic rings. The molecule has 370 valence electrons. The molecule has 0 N–H and O–H groups in total. The number of rotatable bonds is 51. The van der Waals surface area contributed by atoms with Crippen LogP contribution in [0.3, 0.4) is 0 Å². The van der Waals surface area contributed by atoms with Gasteiger partial charge in [-0.25, -0.2) is 0 Å². The van der Waals surface area contributed by atoms with Crippen LogP contribution in [0.5, 0.6) is 0 Å². The fourth-order valence-electron chi connectivity index (χ4n) is 8.31. The molecule has 0 aromatic rings. The van der Waals surface area contributed by atoms with Gasteiger partial charge in [0.1, 0.15) is 13.2 Å². The highest BCUT2D eigenvalue weighted by molar-refractivity contribution is 5.71. The van der Waals surface area contributed by atoms with Crippen LogP contribution in [0.2, 0.25) is 0 Å². The van der Waals surface area contributed by atoms with Crippen molar-refractivity contribution in [3.63, 3.8) is 0 Å². The Morgan fingerprint density at radius 2 is 0.619 bits per heavy atom. The van der Waals surface area contributed by atoms with Gasteiger partial charge in [0.05, 0.1) is 0 Å².